The standard InChI is InChI=1S/C20H16N4O4/c1-13(19(26)23-15-8-6-14(10-21)7-9-15)28-18(25)11-24-12-22-17-5-3-2-4-16(17)20(24)27/h2-9,12-13H,11H2,1H3,(H,23,26)/t13-/m0/s1. The number of nitrogens with one attached hydrogen (secondary N) is 1. The number of carbonyl (C=O) groups excluding carboxylic acids is 2. The van der Waals surface area contributed by atoms with Crippen molar-refractivity contribution in [3.05, 3.63) is 70.8 Å². The number of fused-ring (bicyclic) bond motifs is 1. The van der Waals surface area contributed by atoms with Crippen LogP contribution in [0.5, 0.6) is 0 Å². The van der Waals surface area contributed by atoms with Crippen LogP contribution in [0.15, 0.2) is 59.7 Å². The molecular weight excluding hydrogens is 360 g/mol. The van der Waals surface area contributed by atoms with Gasteiger partial charge in [-0.15, -0.1) is 0 Å². The Morgan fingerprint density at radius 2 is 1.93 bits per heavy atom. The number of ether oxygens (including phenoxy) is 1. The molecule has 0 unspecified atom stereocenters. The van der Waals surface area contributed by atoms with E-state index in [0.29, 0.717) is 22.2 Å². The van der Waals surface area contributed by atoms with Crippen molar-refractivity contribution < 1.29 is 14.3 Å². The highest BCUT2D eigenvalue weighted by Crippen LogP contribution is 2.10. The van der Waals surface area contributed by atoms with E-state index in [1.165, 1.54) is 13.3 Å². The van der Waals surface area contributed by atoms with Gasteiger partial charge in [0, 0.05) is 5.69 Å². The molecule has 0 bridgehead atoms. The van der Waals surface area contributed by atoms with Crippen LogP contribution in [0.1, 0.15) is 12.5 Å². The van der Waals surface area contributed by atoms with E-state index in [4.69, 9.17) is 10.00 Å². The van der Waals surface area contributed by atoms with Crippen molar-refractivity contribution in [2.75, 3.05) is 5.32 Å². The van der Waals surface area contributed by atoms with E-state index in [-0.39, 0.29) is 12.1 Å². The monoisotopic (exact) mass is 376 g/mol. The second-order valence-corrected chi connectivity index (χ2v) is 6.01. The molecule has 0 radical (unpaired) electrons. The lowest BCUT2D eigenvalue weighted by Crippen LogP contribution is -2.33. The van der Waals surface area contributed by atoms with Crippen LogP contribution in [0, 0.1) is 11.3 Å². The number of benzene rings is 2. The Kier molecular flexibility index (Phi) is 5.46. The summed E-state index contributed by atoms with van der Waals surface area (Å²) in [5.74, 6) is -1.26. The highest BCUT2D eigenvalue weighted by atomic mass is 16.5. The van der Waals surface area contributed by atoms with Gasteiger partial charge in [0.2, 0.25) is 0 Å². The summed E-state index contributed by atoms with van der Waals surface area (Å²) in [6, 6.07) is 15.1. The van der Waals surface area contributed by atoms with Gasteiger partial charge in [-0.1, -0.05) is 12.1 Å². The minimum Gasteiger partial charge on any atom is -0.451 e. The Morgan fingerprint density at radius 1 is 1.21 bits per heavy atom. The summed E-state index contributed by atoms with van der Waals surface area (Å²) < 4.78 is 6.24. The van der Waals surface area contributed by atoms with Gasteiger partial charge in [0.05, 0.1) is 28.9 Å². The minimum absolute atomic E-state index is 0.356. The molecule has 0 aliphatic heterocycles. The number of anilines is 1. The zero-order chi connectivity index (χ0) is 20.1. The Balaban J connectivity index is 1.62. The van der Waals surface area contributed by atoms with Crippen LogP contribution in [0.4, 0.5) is 5.69 Å². The molecule has 3 aromatic rings. The average Bonchev–Trinajstić information content (AvgIpc) is 2.70. The normalized spacial score (nSPS) is 11.4. The van der Waals surface area contributed by atoms with Gasteiger partial charge in [-0.3, -0.25) is 19.0 Å². The Bertz CT molecular complexity index is 1130. The van der Waals surface area contributed by atoms with E-state index < -0.39 is 18.0 Å². The maximum Gasteiger partial charge on any atom is 0.326 e. The van der Waals surface area contributed by atoms with Crippen molar-refractivity contribution in [2.24, 2.45) is 0 Å². The average molecular weight is 376 g/mol. The van der Waals surface area contributed by atoms with Gasteiger partial charge in [-0.2, -0.15) is 5.26 Å². The Morgan fingerprint density at radius 3 is 2.64 bits per heavy atom. The minimum atomic E-state index is -1.06. The van der Waals surface area contributed by atoms with Crippen molar-refractivity contribution in [3.63, 3.8) is 0 Å². The number of nitriles is 1. The zero-order valence-electron chi connectivity index (χ0n) is 15.0. The second-order valence-electron chi connectivity index (χ2n) is 6.01. The van der Waals surface area contributed by atoms with Crippen molar-refractivity contribution in [1.29, 1.82) is 5.26 Å². The fraction of sp³-hybridized carbons (Fsp3) is 0.150. The van der Waals surface area contributed by atoms with E-state index in [1.807, 2.05) is 6.07 Å². The van der Waals surface area contributed by atoms with Crippen LogP contribution < -0.4 is 10.9 Å². The molecule has 1 heterocycles. The van der Waals surface area contributed by atoms with Crippen LogP contribution in [0.25, 0.3) is 10.9 Å². The molecule has 8 nitrogen and oxygen atoms in total. The first-order valence-electron chi connectivity index (χ1n) is 8.42. The zero-order valence-corrected chi connectivity index (χ0v) is 15.0. The number of esters is 1. The summed E-state index contributed by atoms with van der Waals surface area (Å²) in [7, 11) is 0. The number of amides is 1. The van der Waals surface area contributed by atoms with E-state index in [2.05, 4.69) is 10.3 Å². The molecule has 0 aliphatic rings. The van der Waals surface area contributed by atoms with E-state index in [1.54, 1.807) is 48.5 Å². The van der Waals surface area contributed by atoms with Crippen molar-refractivity contribution in [2.45, 2.75) is 19.6 Å². The maximum atomic E-state index is 12.4. The highest BCUT2D eigenvalue weighted by molar-refractivity contribution is 5.95. The first-order valence-corrected chi connectivity index (χ1v) is 8.42. The molecule has 1 atom stereocenters. The van der Waals surface area contributed by atoms with E-state index >= 15 is 0 Å². The lowest BCUT2D eigenvalue weighted by molar-refractivity contribution is -0.153. The van der Waals surface area contributed by atoms with Crippen molar-refractivity contribution in [1.82, 2.24) is 9.55 Å². The van der Waals surface area contributed by atoms with E-state index in [0.717, 1.165) is 4.57 Å². The summed E-state index contributed by atoms with van der Waals surface area (Å²) in [4.78, 5) is 40.8. The molecule has 2 aromatic carbocycles. The third-order valence-electron chi connectivity index (χ3n) is 3.99. The summed E-state index contributed by atoms with van der Waals surface area (Å²) in [5, 5.41) is 11.8. The molecule has 0 spiro atoms. The summed E-state index contributed by atoms with van der Waals surface area (Å²) in [6.45, 7) is 1.07. The first kappa shape index (κ1) is 18.8. The molecule has 0 fully saturated rings. The smallest absolute Gasteiger partial charge is 0.326 e. The summed E-state index contributed by atoms with van der Waals surface area (Å²) in [6.07, 6.45) is 0.209. The SMILES string of the molecule is C[C@H](OC(=O)Cn1cnc2ccccc2c1=O)C(=O)Nc1ccc(C#N)cc1. The number of hydrogen-bond donors (Lipinski definition) is 1. The fourth-order valence-electron chi connectivity index (χ4n) is 2.52. The molecule has 0 aliphatic carbocycles. The molecule has 8 heteroatoms. The van der Waals surface area contributed by atoms with E-state index in [9.17, 15) is 14.4 Å². The maximum absolute atomic E-state index is 12.4. The molecule has 1 amide bonds. The van der Waals surface area contributed by atoms with Crippen LogP contribution in [0.3, 0.4) is 0 Å². The molecule has 0 saturated heterocycles. The quantitative estimate of drug-likeness (QED) is 0.680. The van der Waals surface area contributed by atoms with Crippen LogP contribution in [-0.2, 0) is 20.9 Å². The summed E-state index contributed by atoms with van der Waals surface area (Å²) >= 11 is 0. The highest BCUT2D eigenvalue weighted by Gasteiger charge is 2.19. The Labute approximate surface area is 160 Å². The van der Waals surface area contributed by atoms with Gasteiger partial charge < -0.3 is 10.1 Å². The molecule has 140 valence electrons. The number of para-hydroxylation sites is 1. The number of carbonyl (C=O) groups is 2. The largest absolute Gasteiger partial charge is 0.451 e. The third-order valence-corrected chi connectivity index (χ3v) is 3.99. The topological polar surface area (TPSA) is 114 Å². The van der Waals surface area contributed by atoms with Gasteiger partial charge in [0.15, 0.2) is 6.10 Å². The molecule has 1 aromatic heterocycles. The third kappa shape index (κ3) is 4.22. The summed E-state index contributed by atoms with van der Waals surface area (Å²) in [5.41, 5.74) is 1.11. The number of rotatable bonds is 5. The molecule has 3 rings (SSSR count). The molecule has 28 heavy (non-hydrogen) atoms. The lowest BCUT2D eigenvalue weighted by atomic mass is 10.2. The molecule has 0 saturated carbocycles. The van der Waals surface area contributed by atoms with Crippen LogP contribution in [-0.4, -0.2) is 27.5 Å². The first-order chi connectivity index (χ1) is 13.5. The van der Waals surface area contributed by atoms with Crippen molar-refractivity contribution >= 4 is 28.5 Å². The molecule has 1 N–H and O–H groups in total. The number of aromatic nitrogens is 2. The van der Waals surface area contributed by atoms with Gasteiger partial charge >= 0.3 is 5.97 Å². The second kappa shape index (κ2) is 8.14. The van der Waals surface area contributed by atoms with Gasteiger partial charge in [-0.05, 0) is 43.3 Å². The number of nitrogens with zero attached hydrogens (tertiary/aromatic N) is 3. The van der Waals surface area contributed by atoms with Gasteiger partial charge in [-0.25, -0.2) is 4.98 Å². The van der Waals surface area contributed by atoms with Crippen molar-refractivity contribution in [3.8, 4) is 6.07 Å². The van der Waals surface area contributed by atoms with Crippen LogP contribution in [0.2, 0.25) is 0 Å². The predicted molar refractivity (Wildman–Crippen MR) is 101 cm³/mol. The fourth-order valence-corrected chi connectivity index (χ4v) is 2.52. The number of hydrogen-bond acceptors (Lipinski definition) is 6. The van der Waals surface area contributed by atoms with Gasteiger partial charge in [0.25, 0.3) is 11.5 Å². The predicted octanol–water partition coefficient (Wildman–Crippen LogP) is 1.84. The molecular formula is C20H16N4O4. The van der Waals surface area contributed by atoms with Crippen LogP contribution >= 0.6 is 0 Å². The Hall–Kier alpha value is -3.99. The van der Waals surface area contributed by atoms with Gasteiger partial charge in [0.1, 0.15) is 6.54 Å². The lowest BCUT2D eigenvalue weighted by Gasteiger charge is -2.14.